The van der Waals surface area contributed by atoms with Gasteiger partial charge in [0.1, 0.15) is 0 Å². The molecule has 90 valence electrons. The van der Waals surface area contributed by atoms with Gasteiger partial charge >= 0.3 is 0 Å². The van der Waals surface area contributed by atoms with Gasteiger partial charge in [0.2, 0.25) is 0 Å². The topological polar surface area (TPSA) is 15.3 Å². The van der Waals surface area contributed by atoms with E-state index in [1.165, 1.54) is 36.4 Å². The summed E-state index contributed by atoms with van der Waals surface area (Å²) in [5.41, 5.74) is 1.45. The first kappa shape index (κ1) is 12.1. The van der Waals surface area contributed by atoms with Crippen molar-refractivity contribution in [2.24, 2.45) is 0 Å². The van der Waals surface area contributed by atoms with Gasteiger partial charge in [0.05, 0.1) is 0 Å². The Morgan fingerprint density at radius 3 is 3.00 bits per heavy atom. The second-order valence-corrected chi connectivity index (χ2v) is 5.71. The molecule has 2 rings (SSSR count). The van der Waals surface area contributed by atoms with E-state index in [1.807, 2.05) is 11.3 Å². The van der Waals surface area contributed by atoms with Crippen molar-refractivity contribution in [1.29, 1.82) is 0 Å². The van der Waals surface area contributed by atoms with E-state index in [-0.39, 0.29) is 0 Å². The molecule has 1 aliphatic rings. The highest BCUT2D eigenvalue weighted by molar-refractivity contribution is 7.10. The maximum atomic E-state index is 3.41. The molecule has 2 nitrogen and oxygen atoms in total. The van der Waals surface area contributed by atoms with Crippen LogP contribution in [0.15, 0.2) is 11.4 Å². The summed E-state index contributed by atoms with van der Waals surface area (Å²) in [6.45, 7) is 7.00. The monoisotopic (exact) mass is 238 g/mol. The van der Waals surface area contributed by atoms with Crippen molar-refractivity contribution in [3.63, 3.8) is 0 Å². The van der Waals surface area contributed by atoms with Gasteiger partial charge in [0.15, 0.2) is 0 Å². The van der Waals surface area contributed by atoms with E-state index < -0.39 is 0 Å². The fourth-order valence-electron chi connectivity index (χ4n) is 2.57. The van der Waals surface area contributed by atoms with Crippen molar-refractivity contribution in [1.82, 2.24) is 10.2 Å². The molecule has 2 atom stereocenters. The first-order chi connectivity index (χ1) is 7.72. The molecule has 1 N–H and O–H groups in total. The number of aryl methyl sites for hydroxylation is 1. The number of likely N-dealkylation sites (tertiary alicyclic amines) is 1. The summed E-state index contributed by atoms with van der Waals surface area (Å²) >= 11 is 1.90. The Bertz CT molecular complexity index is 334. The molecule has 0 aromatic carbocycles. The van der Waals surface area contributed by atoms with Crippen molar-refractivity contribution < 1.29 is 0 Å². The summed E-state index contributed by atoms with van der Waals surface area (Å²) in [5.74, 6) is 0. The molecule has 0 saturated carbocycles. The fourth-order valence-corrected chi connectivity index (χ4v) is 3.59. The number of thiophene rings is 1. The maximum absolute atomic E-state index is 3.41. The summed E-state index contributed by atoms with van der Waals surface area (Å²) in [7, 11) is 2.08. The molecule has 0 radical (unpaired) electrons. The molecule has 1 aromatic heterocycles. The Kier molecular flexibility index (Phi) is 4.00. The summed E-state index contributed by atoms with van der Waals surface area (Å²) in [6, 6.07) is 3.49. The highest BCUT2D eigenvalue weighted by Crippen LogP contribution is 2.30. The second-order valence-electron chi connectivity index (χ2n) is 4.77. The first-order valence-corrected chi connectivity index (χ1v) is 7.05. The van der Waals surface area contributed by atoms with Gasteiger partial charge in [-0.2, -0.15) is 0 Å². The number of hydrogen-bond acceptors (Lipinski definition) is 3. The Morgan fingerprint density at radius 1 is 1.56 bits per heavy atom. The van der Waals surface area contributed by atoms with E-state index in [4.69, 9.17) is 0 Å². The lowest BCUT2D eigenvalue weighted by molar-refractivity contribution is 0.151. The molecule has 0 amide bonds. The van der Waals surface area contributed by atoms with Crippen LogP contribution in [-0.4, -0.2) is 31.1 Å². The van der Waals surface area contributed by atoms with Crippen LogP contribution in [0.4, 0.5) is 0 Å². The quantitative estimate of drug-likeness (QED) is 0.871. The molecule has 16 heavy (non-hydrogen) atoms. The van der Waals surface area contributed by atoms with E-state index in [0.29, 0.717) is 12.1 Å². The minimum atomic E-state index is 0.580. The summed E-state index contributed by atoms with van der Waals surface area (Å²) < 4.78 is 0. The SMILES string of the molecule is CNC1CCCN(C(C)c2sccc2C)C1. The van der Waals surface area contributed by atoms with Crippen molar-refractivity contribution in [3.05, 3.63) is 21.9 Å². The van der Waals surface area contributed by atoms with Crippen LogP contribution in [0, 0.1) is 6.92 Å². The molecule has 2 unspecified atom stereocenters. The third kappa shape index (κ3) is 2.47. The van der Waals surface area contributed by atoms with E-state index >= 15 is 0 Å². The van der Waals surface area contributed by atoms with Crippen LogP contribution < -0.4 is 5.32 Å². The van der Waals surface area contributed by atoms with Crippen molar-refractivity contribution in [3.8, 4) is 0 Å². The van der Waals surface area contributed by atoms with E-state index in [1.54, 1.807) is 0 Å². The van der Waals surface area contributed by atoms with Gasteiger partial charge in [-0.25, -0.2) is 0 Å². The largest absolute Gasteiger partial charge is 0.316 e. The smallest absolute Gasteiger partial charge is 0.0416 e. The molecule has 1 fully saturated rings. The zero-order valence-corrected chi connectivity index (χ0v) is 11.3. The van der Waals surface area contributed by atoms with Gasteiger partial charge in [0, 0.05) is 23.5 Å². The Hall–Kier alpha value is -0.380. The van der Waals surface area contributed by atoms with Crippen LogP contribution in [0.2, 0.25) is 0 Å². The minimum Gasteiger partial charge on any atom is -0.316 e. The second kappa shape index (κ2) is 5.30. The van der Waals surface area contributed by atoms with Crippen molar-refractivity contribution in [2.75, 3.05) is 20.1 Å². The predicted octanol–water partition coefficient (Wildman–Crippen LogP) is 2.80. The van der Waals surface area contributed by atoms with E-state index in [9.17, 15) is 0 Å². The first-order valence-electron chi connectivity index (χ1n) is 6.17. The van der Waals surface area contributed by atoms with Crippen LogP contribution in [-0.2, 0) is 0 Å². The van der Waals surface area contributed by atoms with Gasteiger partial charge < -0.3 is 5.32 Å². The molecular formula is C13H22N2S. The highest BCUT2D eigenvalue weighted by Gasteiger charge is 2.24. The lowest BCUT2D eigenvalue weighted by Gasteiger charge is -2.36. The van der Waals surface area contributed by atoms with Gasteiger partial charge in [-0.05, 0) is 57.3 Å². The Morgan fingerprint density at radius 2 is 2.38 bits per heavy atom. The zero-order valence-electron chi connectivity index (χ0n) is 10.5. The molecule has 1 aliphatic heterocycles. The molecule has 0 aliphatic carbocycles. The summed E-state index contributed by atoms with van der Waals surface area (Å²) in [4.78, 5) is 4.15. The lowest BCUT2D eigenvalue weighted by atomic mass is 10.0. The lowest BCUT2D eigenvalue weighted by Crippen LogP contribution is -2.45. The molecule has 2 heterocycles. The normalized spacial score (nSPS) is 24.6. The van der Waals surface area contributed by atoms with Gasteiger partial charge in [0.25, 0.3) is 0 Å². The highest BCUT2D eigenvalue weighted by atomic mass is 32.1. The summed E-state index contributed by atoms with van der Waals surface area (Å²) in [5, 5.41) is 5.62. The number of piperidine rings is 1. The Balaban J connectivity index is 2.04. The van der Waals surface area contributed by atoms with Crippen molar-refractivity contribution >= 4 is 11.3 Å². The zero-order chi connectivity index (χ0) is 11.5. The molecule has 0 bridgehead atoms. The minimum absolute atomic E-state index is 0.580. The number of likely N-dealkylation sites (N-methyl/N-ethyl adjacent to an activating group) is 1. The van der Waals surface area contributed by atoms with Crippen LogP contribution in [0.5, 0.6) is 0 Å². The van der Waals surface area contributed by atoms with E-state index in [0.717, 1.165) is 0 Å². The standard InChI is InChI=1S/C13H22N2S/c1-10-6-8-16-13(10)11(2)15-7-4-5-12(9-15)14-3/h6,8,11-12,14H,4-5,7,9H2,1-3H3. The molecule has 1 aromatic rings. The van der Waals surface area contributed by atoms with Crippen molar-refractivity contribution in [2.45, 2.75) is 38.8 Å². The van der Waals surface area contributed by atoms with Crippen LogP contribution in [0.25, 0.3) is 0 Å². The molecule has 3 heteroatoms. The van der Waals surface area contributed by atoms with Crippen LogP contribution in [0.3, 0.4) is 0 Å². The summed E-state index contributed by atoms with van der Waals surface area (Å²) in [6.07, 6.45) is 2.64. The molecule has 0 spiro atoms. The third-order valence-electron chi connectivity index (χ3n) is 3.69. The van der Waals surface area contributed by atoms with Gasteiger partial charge in [-0.15, -0.1) is 11.3 Å². The number of hydrogen-bond donors (Lipinski definition) is 1. The maximum Gasteiger partial charge on any atom is 0.0416 e. The molecular weight excluding hydrogens is 216 g/mol. The number of nitrogens with one attached hydrogen (secondary N) is 1. The third-order valence-corrected chi connectivity index (χ3v) is 4.88. The molecule has 1 saturated heterocycles. The van der Waals surface area contributed by atoms with Crippen LogP contribution in [0.1, 0.15) is 36.2 Å². The number of nitrogens with zero attached hydrogens (tertiary/aromatic N) is 1. The van der Waals surface area contributed by atoms with Gasteiger partial charge in [-0.1, -0.05) is 0 Å². The van der Waals surface area contributed by atoms with Crippen LogP contribution >= 0.6 is 11.3 Å². The fraction of sp³-hybridized carbons (Fsp3) is 0.692. The van der Waals surface area contributed by atoms with Gasteiger partial charge in [-0.3, -0.25) is 4.90 Å². The Labute approximate surface area is 103 Å². The van der Waals surface area contributed by atoms with E-state index in [2.05, 4.69) is 42.6 Å². The number of rotatable bonds is 3. The average molecular weight is 238 g/mol. The predicted molar refractivity (Wildman–Crippen MR) is 71.1 cm³/mol. The average Bonchev–Trinajstić information content (AvgIpc) is 2.74.